The van der Waals surface area contributed by atoms with Crippen LogP contribution in [0.3, 0.4) is 0 Å². The van der Waals surface area contributed by atoms with Crippen LogP contribution in [0.5, 0.6) is 0 Å². The number of amides is 2. The van der Waals surface area contributed by atoms with Crippen LogP contribution in [0.4, 0.5) is 5.69 Å². The first-order valence-electron chi connectivity index (χ1n) is 10.6. The van der Waals surface area contributed by atoms with Gasteiger partial charge in [0.05, 0.1) is 17.5 Å². The zero-order valence-electron chi connectivity index (χ0n) is 17.9. The van der Waals surface area contributed by atoms with E-state index in [1.165, 1.54) is 0 Å². The van der Waals surface area contributed by atoms with Gasteiger partial charge in [-0.15, -0.1) is 0 Å². The van der Waals surface area contributed by atoms with Crippen molar-refractivity contribution >= 4 is 17.5 Å². The Kier molecular flexibility index (Phi) is 5.60. The molecular formula is C24H29N3O3. The van der Waals surface area contributed by atoms with Gasteiger partial charge in [0.15, 0.2) is 0 Å². The molecular weight excluding hydrogens is 378 g/mol. The molecule has 1 aromatic heterocycles. The molecule has 6 heteroatoms. The lowest BCUT2D eigenvalue weighted by Crippen LogP contribution is -2.52. The van der Waals surface area contributed by atoms with Gasteiger partial charge in [0.1, 0.15) is 6.10 Å². The minimum Gasteiger partial charge on any atom is -0.362 e. The fourth-order valence-electron chi connectivity index (χ4n) is 4.79. The van der Waals surface area contributed by atoms with E-state index in [4.69, 9.17) is 4.74 Å². The highest BCUT2D eigenvalue weighted by molar-refractivity contribution is 5.95. The first-order valence-corrected chi connectivity index (χ1v) is 10.6. The molecule has 2 aliphatic rings. The molecule has 30 heavy (non-hydrogen) atoms. The summed E-state index contributed by atoms with van der Waals surface area (Å²) in [5.74, 6) is 0.116. The van der Waals surface area contributed by atoms with Crippen molar-refractivity contribution in [1.29, 1.82) is 0 Å². The predicted octanol–water partition coefficient (Wildman–Crippen LogP) is 3.74. The molecule has 1 aromatic carbocycles. The number of pyridine rings is 1. The highest BCUT2D eigenvalue weighted by atomic mass is 16.5. The van der Waals surface area contributed by atoms with Crippen LogP contribution in [0.25, 0.3) is 0 Å². The van der Waals surface area contributed by atoms with Gasteiger partial charge in [-0.05, 0) is 57.4 Å². The van der Waals surface area contributed by atoms with Crippen molar-refractivity contribution in [2.24, 2.45) is 5.92 Å². The van der Waals surface area contributed by atoms with E-state index in [-0.39, 0.29) is 23.3 Å². The third-order valence-corrected chi connectivity index (χ3v) is 6.38. The third-order valence-electron chi connectivity index (χ3n) is 6.38. The number of carbonyl (C=O) groups is 2. The summed E-state index contributed by atoms with van der Waals surface area (Å²) >= 11 is 0. The van der Waals surface area contributed by atoms with Crippen LogP contribution in [-0.2, 0) is 9.53 Å². The maximum absolute atomic E-state index is 13.0. The highest BCUT2D eigenvalue weighted by Crippen LogP contribution is 2.42. The van der Waals surface area contributed by atoms with Crippen molar-refractivity contribution < 1.29 is 14.3 Å². The number of carbonyl (C=O) groups excluding carboxylic acids is 2. The quantitative estimate of drug-likeness (QED) is 0.841. The summed E-state index contributed by atoms with van der Waals surface area (Å²) in [5, 5.41) is 2.89. The average Bonchev–Trinajstić information content (AvgIpc) is 3.15. The molecule has 0 bridgehead atoms. The zero-order chi connectivity index (χ0) is 21.3. The van der Waals surface area contributed by atoms with Gasteiger partial charge in [-0.25, -0.2) is 0 Å². The number of piperidine rings is 1. The van der Waals surface area contributed by atoms with Crippen molar-refractivity contribution in [3.8, 4) is 0 Å². The van der Waals surface area contributed by atoms with Crippen LogP contribution in [0, 0.1) is 19.8 Å². The Bertz CT molecular complexity index is 926. The zero-order valence-corrected chi connectivity index (χ0v) is 17.9. The third kappa shape index (κ3) is 4.10. The Hall–Kier alpha value is -2.73. The number of aryl methyl sites for hydroxylation is 2. The van der Waals surface area contributed by atoms with E-state index in [1.54, 1.807) is 18.5 Å². The Morgan fingerprint density at radius 2 is 1.97 bits per heavy atom. The van der Waals surface area contributed by atoms with Crippen LogP contribution in [0.15, 0.2) is 42.7 Å². The standard InChI is InChI=1S/C24H29N3O3/c1-16-11-17(2)13-19(12-16)23(29)27-10-8-24(18(3)15-27)7-6-21(30-24)22(28)26-20-5-4-9-25-14-20/h4-5,9,11-14,18,21H,6-8,10,15H2,1-3H3,(H,26,28)/t18-,21-,24-/m1/s1. The largest absolute Gasteiger partial charge is 0.362 e. The van der Waals surface area contributed by atoms with Crippen molar-refractivity contribution in [1.82, 2.24) is 9.88 Å². The summed E-state index contributed by atoms with van der Waals surface area (Å²) in [5.41, 5.74) is 3.28. The summed E-state index contributed by atoms with van der Waals surface area (Å²) in [6, 6.07) is 9.59. The number of ether oxygens (including phenoxy) is 1. The fraction of sp³-hybridized carbons (Fsp3) is 0.458. The number of likely N-dealkylation sites (tertiary alicyclic amines) is 1. The molecule has 2 aliphatic heterocycles. The smallest absolute Gasteiger partial charge is 0.253 e. The molecule has 2 aromatic rings. The van der Waals surface area contributed by atoms with Gasteiger partial charge in [0.2, 0.25) is 0 Å². The van der Waals surface area contributed by atoms with Gasteiger partial charge in [-0.2, -0.15) is 0 Å². The second-order valence-corrected chi connectivity index (χ2v) is 8.72. The van der Waals surface area contributed by atoms with Gasteiger partial charge in [-0.3, -0.25) is 14.6 Å². The Morgan fingerprint density at radius 1 is 1.20 bits per heavy atom. The predicted molar refractivity (Wildman–Crippen MR) is 115 cm³/mol. The number of nitrogens with one attached hydrogen (secondary N) is 1. The van der Waals surface area contributed by atoms with E-state index in [0.29, 0.717) is 25.2 Å². The number of hydrogen-bond acceptors (Lipinski definition) is 4. The molecule has 0 radical (unpaired) electrons. The van der Waals surface area contributed by atoms with E-state index in [2.05, 4.69) is 23.3 Å². The SMILES string of the molecule is Cc1cc(C)cc(C(=O)N2CC[C@]3(CC[C@H](C(=O)Nc4cccnc4)O3)[C@H](C)C2)c1. The molecule has 3 atom stereocenters. The molecule has 1 N–H and O–H groups in total. The molecule has 2 amide bonds. The summed E-state index contributed by atoms with van der Waals surface area (Å²) < 4.78 is 6.34. The van der Waals surface area contributed by atoms with Crippen LogP contribution < -0.4 is 5.32 Å². The van der Waals surface area contributed by atoms with Crippen molar-refractivity contribution in [2.75, 3.05) is 18.4 Å². The normalized spacial score (nSPS) is 26.0. The monoisotopic (exact) mass is 407 g/mol. The van der Waals surface area contributed by atoms with Crippen LogP contribution in [-0.4, -0.2) is 46.5 Å². The van der Waals surface area contributed by atoms with Gasteiger partial charge < -0.3 is 15.0 Å². The highest BCUT2D eigenvalue weighted by Gasteiger charge is 2.49. The summed E-state index contributed by atoms with van der Waals surface area (Å²) in [6.07, 6.45) is 5.12. The lowest BCUT2D eigenvalue weighted by Gasteiger charge is -2.44. The topological polar surface area (TPSA) is 71.5 Å². The van der Waals surface area contributed by atoms with E-state index >= 15 is 0 Å². The van der Waals surface area contributed by atoms with Crippen molar-refractivity contribution in [3.05, 3.63) is 59.4 Å². The number of aromatic nitrogens is 1. The molecule has 0 saturated carbocycles. The number of hydrogen-bond donors (Lipinski definition) is 1. The van der Waals surface area contributed by atoms with Gasteiger partial charge >= 0.3 is 0 Å². The van der Waals surface area contributed by atoms with Gasteiger partial charge in [0, 0.05) is 30.8 Å². The van der Waals surface area contributed by atoms with E-state index in [1.807, 2.05) is 36.9 Å². The van der Waals surface area contributed by atoms with Crippen LogP contribution >= 0.6 is 0 Å². The summed E-state index contributed by atoms with van der Waals surface area (Å²) in [7, 11) is 0. The second-order valence-electron chi connectivity index (χ2n) is 8.72. The average molecular weight is 408 g/mol. The second kappa shape index (κ2) is 8.19. The maximum Gasteiger partial charge on any atom is 0.253 e. The molecule has 3 heterocycles. The Labute approximate surface area is 177 Å². The number of rotatable bonds is 3. The molecule has 0 unspecified atom stereocenters. The molecule has 158 valence electrons. The fourth-order valence-corrected chi connectivity index (χ4v) is 4.79. The Balaban J connectivity index is 1.39. The minimum atomic E-state index is -0.464. The lowest BCUT2D eigenvalue weighted by molar-refractivity contribution is -0.141. The first-order chi connectivity index (χ1) is 14.4. The maximum atomic E-state index is 13.0. The van der Waals surface area contributed by atoms with Gasteiger partial charge in [-0.1, -0.05) is 24.1 Å². The van der Waals surface area contributed by atoms with E-state index in [0.717, 1.165) is 29.5 Å². The lowest BCUT2D eigenvalue weighted by atomic mass is 9.80. The first kappa shape index (κ1) is 20.5. The van der Waals surface area contributed by atoms with Crippen LogP contribution in [0.2, 0.25) is 0 Å². The van der Waals surface area contributed by atoms with Crippen LogP contribution in [0.1, 0.15) is 47.7 Å². The van der Waals surface area contributed by atoms with Crippen molar-refractivity contribution in [3.63, 3.8) is 0 Å². The molecule has 6 nitrogen and oxygen atoms in total. The molecule has 4 rings (SSSR count). The number of anilines is 1. The number of nitrogens with zero attached hydrogens (tertiary/aromatic N) is 2. The van der Waals surface area contributed by atoms with E-state index < -0.39 is 6.10 Å². The summed E-state index contributed by atoms with van der Waals surface area (Å²) in [4.78, 5) is 31.6. The molecule has 2 fully saturated rings. The van der Waals surface area contributed by atoms with Gasteiger partial charge in [0.25, 0.3) is 11.8 Å². The molecule has 0 aliphatic carbocycles. The molecule has 1 spiro atoms. The van der Waals surface area contributed by atoms with Crippen molar-refractivity contribution in [2.45, 2.75) is 51.7 Å². The summed E-state index contributed by atoms with van der Waals surface area (Å²) in [6.45, 7) is 7.44. The Morgan fingerprint density at radius 3 is 2.63 bits per heavy atom. The minimum absolute atomic E-state index is 0.0763. The number of benzene rings is 1. The van der Waals surface area contributed by atoms with E-state index in [9.17, 15) is 9.59 Å². The molecule has 2 saturated heterocycles.